The Labute approximate surface area is 198 Å². The maximum atomic E-state index is 13.0. The fourth-order valence-electron chi connectivity index (χ4n) is 3.45. The Kier molecular flexibility index (Phi) is 6.20. The van der Waals surface area contributed by atoms with Crippen LogP contribution in [0.4, 0.5) is 10.5 Å². The van der Waals surface area contributed by atoms with Crippen LogP contribution < -0.4 is 16.1 Å². The molecular weight excluding hydrogens is 486 g/mol. The standard InChI is InChI=1S/C25H22BrN3O4/c1-25(2,14-33-24(32)27-15-8-4-3-5-9-15)29-23(31)17-13-21-18(12-19(17)26)22(30)16-10-6-7-11-20(16)28-21/h3-13H,14H2,1-2H3,(H,27,32)(H,28,30)(H,29,31). The van der Waals surface area contributed by atoms with Crippen LogP contribution in [0.5, 0.6) is 0 Å². The molecule has 0 bridgehead atoms. The van der Waals surface area contributed by atoms with Crippen molar-refractivity contribution in [1.82, 2.24) is 10.3 Å². The van der Waals surface area contributed by atoms with Gasteiger partial charge in [-0.1, -0.05) is 30.3 Å². The summed E-state index contributed by atoms with van der Waals surface area (Å²) in [6, 6.07) is 19.5. The molecule has 7 nitrogen and oxygen atoms in total. The highest BCUT2D eigenvalue weighted by atomic mass is 79.9. The topological polar surface area (TPSA) is 100 Å². The summed E-state index contributed by atoms with van der Waals surface area (Å²) in [5, 5.41) is 6.58. The fraction of sp³-hybridized carbons (Fsp3) is 0.160. The SMILES string of the molecule is CC(C)(COC(=O)Nc1ccccc1)NC(=O)c1cc2[nH]c3ccccc3c(=O)c2cc1Br. The Morgan fingerprint density at radius 1 is 0.970 bits per heavy atom. The molecule has 0 aliphatic heterocycles. The second-order valence-corrected chi connectivity index (χ2v) is 9.14. The molecule has 0 atom stereocenters. The lowest BCUT2D eigenvalue weighted by Crippen LogP contribution is -2.47. The molecule has 4 aromatic rings. The summed E-state index contributed by atoms with van der Waals surface area (Å²) >= 11 is 3.41. The largest absolute Gasteiger partial charge is 0.447 e. The van der Waals surface area contributed by atoms with Crippen molar-refractivity contribution in [2.75, 3.05) is 11.9 Å². The predicted molar refractivity (Wildman–Crippen MR) is 133 cm³/mol. The van der Waals surface area contributed by atoms with E-state index in [0.717, 1.165) is 0 Å². The predicted octanol–water partition coefficient (Wildman–Crippen LogP) is 5.20. The number of carbonyl (C=O) groups excluding carboxylic acids is 2. The zero-order chi connectivity index (χ0) is 23.6. The van der Waals surface area contributed by atoms with E-state index in [0.29, 0.717) is 37.5 Å². The number of halogens is 1. The number of ether oxygens (including phenoxy) is 1. The van der Waals surface area contributed by atoms with Crippen molar-refractivity contribution in [2.45, 2.75) is 19.4 Å². The number of H-pyrrole nitrogens is 1. The molecule has 0 spiro atoms. The van der Waals surface area contributed by atoms with E-state index in [2.05, 4.69) is 31.5 Å². The normalized spacial score (nSPS) is 11.4. The van der Waals surface area contributed by atoms with E-state index in [1.165, 1.54) is 0 Å². The summed E-state index contributed by atoms with van der Waals surface area (Å²) in [6.45, 7) is 3.47. The summed E-state index contributed by atoms with van der Waals surface area (Å²) in [5.41, 5.74) is 1.28. The first-order valence-corrected chi connectivity index (χ1v) is 11.1. The van der Waals surface area contributed by atoms with Gasteiger partial charge in [-0.2, -0.15) is 0 Å². The second kappa shape index (κ2) is 9.07. The molecule has 1 aromatic heterocycles. The fourth-order valence-corrected chi connectivity index (χ4v) is 3.97. The minimum absolute atomic E-state index is 0.0376. The molecule has 0 saturated heterocycles. The van der Waals surface area contributed by atoms with Crippen LogP contribution in [-0.4, -0.2) is 29.1 Å². The van der Waals surface area contributed by atoms with Crippen LogP contribution in [0.2, 0.25) is 0 Å². The van der Waals surface area contributed by atoms with Gasteiger partial charge in [-0.05, 0) is 66.2 Å². The van der Waals surface area contributed by atoms with Crippen molar-refractivity contribution < 1.29 is 14.3 Å². The molecule has 0 saturated carbocycles. The number of rotatable bonds is 5. The van der Waals surface area contributed by atoms with Crippen molar-refractivity contribution in [2.24, 2.45) is 0 Å². The summed E-state index contributed by atoms with van der Waals surface area (Å²) < 4.78 is 5.78. The van der Waals surface area contributed by atoms with Gasteiger partial charge in [-0.15, -0.1) is 0 Å². The lowest BCUT2D eigenvalue weighted by Gasteiger charge is -2.26. The first-order chi connectivity index (χ1) is 15.7. The van der Waals surface area contributed by atoms with E-state index in [1.54, 1.807) is 56.3 Å². The molecule has 4 rings (SSSR count). The second-order valence-electron chi connectivity index (χ2n) is 8.28. The minimum Gasteiger partial charge on any atom is -0.447 e. The number of benzene rings is 3. The highest BCUT2D eigenvalue weighted by Gasteiger charge is 2.25. The number of para-hydroxylation sites is 2. The first kappa shape index (κ1) is 22.5. The number of fused-ring (bicyclic) bond motifs is 2. The quantitative estimate of drug-likeness (QED) is 0.323. The van der Waals surface area contributed by atoms with E-state index in [-0.39, 0.29) is 17.9 Å². The molecule has 168 valence electrons. The molecule has 3 N–H and O–H groups in total. The number of aromatic amines is 1. The Bertz CT molecular complexity index is 1410. The van der Waals surface area contributed by atoms with Gasteiger partial charge in [0, 0.05) is 26.4 Å². The Morgan fingerprint density at radius 2 is 1.67 bits per heavy atom. The number of carbonyl (C=O) groups is 2. The molecule has 3 aromatic carbocycles. The third-order valence-electron chi connectivity index (χ3n) is 5.07. The molecule has 8 heteroatoms. The number of hydrogen-bond donors (Lipinski definition) is 3. The number of anilines is 1. The van der Waals surface area contributed by atoms with E-state index in [9.17, 15) is 14.4 Å². The third kappa shape index (κ3) is 5.06. The van der Waals surface area contributed by atoms with Gasteiger partial charge < -0.3 is 15.0 Å². The van der Waals surface area contributed by atoms with E-state index >= 15 is 0 Å². The van der Waals surface area contributed by atoms with Crippen LogP contribution in [0, 0.1) is 0 Å². The zero-order valence-electron chi connectivity index (χ0n) is 18.1. The minimum atomic E-state index is -0.837. The number of amides is 2. The Morgan fingerprint density at radius 3 is 2.42 bits per heavy atom. The van der Waals surface area contributed by atoms with Gasteiger partial charge in [0.25, 0.3) is 5.91 Å². The smallest absolute Gasteiger partial charge is 0.411 e. The van der Waals surface area contributed by atoms with E-state index < -0.39 is 11.6 Å². The monoisotopic (exact) mass is 507 g/mol. The summed E-state index contributed by atoms with van der Waals surface area (Å²) in [4.78, 5) is 41.1. The van der Waals surface area contributed by atoms with Gasteiger partial charge in [0.1, 0.15) is 6.61 Å². The molecule has 0 unspecified atom stereocenters. The molecular formula is C25H22BrN3O4. The van der Waals surface area contributed by atoms with E-state index in [1.807, 2.05) is 24.3 Å². The number of nitrogens with one attached hydrogen (secondary N) is 3. The maximum Gasteiger partial charge on any atom is 0.411 e. The average Bonchev–Trinajstić information content (AvgIpc) is 2.78. The number of hydrogen-bond acceptors (Lipinski definition) is 4. The third-order valence-corrected chi connectivity index (χ3v) is 5.73. The van der Waals surface area contributed by atoms with Crippen LogP contribution in [0.3, 0.4) is 0 Å². The first-order valence-electron chi connectivity index (χ1n) is 10.3. The van der Waals surface area contributed by atoms with Crippen LogP contribution >= 0.6 is 15.9 Å². The lowest BCUT2D eigenvalue weighted by molar-refractivity contribution is 0.0836. The number of aromatic nitrogens is 1. The van der Waals surface area contributed by atoms with Crippen LogP contribution in [0.1, 0.15) is 24.2 Å². The van der Waals surface area contributed by atoms with Crippen LogP contribution in [0.25, 0.3) is 21.8 Å². The van der Waals surface area contributed by atoms with Crippen molar-refractivity contribution in [3.8, 4) is 0 Å². The molecule has 0 radical (unpaired) electrons. The van der Waals surface area contributed by atoms with Gasteiger partial charge in [-0.3, -0.25) is 14.9 Å². The lowest BCUT2D eigenvalue weighted by atomic mass is 10.0. The van der Waals surface area contributed by atoms with Crippen LogP contribution in [-0.2, 0) is 4.74 Å². The van der Waals surface area contributed by atoms with E-state index in [4.69, 9.17) is 4.74 Å². The number of pyridine rings is 1. The van der Waals surface area contributed by atoms with Crippen molar-refractivity contribution in [3.05, 3.63) is 87.0 Å². The van der Waals surface area contributed by atoms with Gasteiger partial charge in [0.05, 0.1) is 16.6 Å². The highest BCUT2D eigenvalue weighted by Crippen LogP contribution is 2.24. The van der Waals surface area contributed by atoms with Crippen LogP contribution in [0.15, 0.2) is 76.0 Å². The van der Waals surface area contributed by atoms with Gasteiger partial charge >= 0.3 is 6.09 Å². The summed E-state index contributed by atoms with van der Waals surface area (Å²) in [5.74, 6) is -0.366. The Balaban J connectivity index is 1.50. The average molecular weight is 508 g/mol. The van der Waals surface area contributed by atoms with Crippen molar-refractivity contribution in [1.29, 1.82) is 0 Å². The maximum absolute atomic E-state index is 13.0. The highest BCUT2D eigenvalue weighted by molar-refractivity contribution is 9.10. The molecule has 0 aliphatic carbocycles. The van der Waals surface area contributed by atoms with Crippen molar-refractivity contribution >= 4 is 55.4 Å². The molecule has 2 amide bonds. The summed E-state index contributed by atoms with van der Waals surface area (Å²) in [7, 11) is 0. The molecule has 0 fully saturated rings. The van der Waals surface area contributed by atoms with Crippen molar-refractivity contribution in [3.63, 3.8) is 0 Å². The zero-order valence-corrected chi connectivity index (χ0v) is 19.7. The van der Waals surface area contributed by atoms with Gasteiger partial charge in [-0.25, -0.2) is 4.79 Å². The Hall–Kier alpha value is -3.65. The van der Waals surface area contributed by atoms with Gasteiger partial charge in [0.15, 0.2) is 5.43 Å². The molecule has 1 heterocycles. The molecule has 33 heavy (non-hydrogen) atoms. The van der Waals surface area contributed by atoms with Gasteiger partial charge in [0.2, 0.25) is 0 Å². The molecule has 0 aliphatic rings. The summed E-state index contributed by atoms with van der Waals surface area (Å²) in [6.07, 6.45) is -0.611.